The predicted molar refractivity (Wildman–Crippen MR) is 116 cm³/mol. The van der Waals surface area contributed by atoms with E-state index in [1.54, 1.807) is 0 Å². The van der Waals surface area contributed by atoms with Crippen molar-refractivity contribution in [3.05, 3.63) is 0 Å². The van der Waals surface area contributed by atoms with Crippen LogP contribution >= 0.6 is 0 Å². The Kier molecular flexibility index (Phi) is 16.1. The molecular formula is C22H48O3Si. The minimum Gasteiger partial charge on any atom is -0.371 e. The van der Waals surface area contributed by atoms with E-state index in [4.69, 9.17) is 13.3 Å². The zero-order valence-corrected chi connectivity index (χ0v) is 19.9. The Labute approximate surface area is 165 Å². The molecule has 0 aromatic rings. The third kappa shape index (κ3) is 12.5. The molecule has 0 heterocycles. The van der Waals surface area contributed by atoms with Crippen molar-refractivity contribution in [1.29, 1.82) is 0 Å². The zero-order chi connectivity index (χ0) is 19.8. The van der Waals surface area contributed by atoms with Crippen LogP contribution in [0.25, 0.3) is 0 Å². The maximum absolute atomic E-state index is 6.49. The maximum Gasteiger partial charge on any atom is 0.501 e. The van der Waals surface area contributed by atoms with Crippen molar-refractivity contribution in [2.45, 2.75) is 143 Å². The molecule has 3 atom stereocenters. The normalized spacial score (nSPS) is 17.7. The first kappa shape index (κ1) is 26.1. The van der Waals surface area contributed by atoms with Gasteiger partial charge in [-0.05, 0) is 46.5 Å². The smallest absolute Gasteiger partial charge is 0.371 e. The summed E-state index contributed by atoms with van der Waals surface area (Å²) >= 11 is 0. The van der Waals surface area contributed by atoms with E-state index < -0.39 is 8.80 Å². The second-order valence-electron chi connectivity index (χ2n) is 7.92. The van der Waals surface area contributed by atoms with E-state index in [9.17, 15) is 0 Å². The third-order valence-corrected chi connectivity index (χ3v) is 8.45. The second kappa shape index (κ2) is 16.1. The van der Waals surface area contributed by atoms with Crippen molar-refractivity contribution in [3.8, 4) is 0 Å². The number of hydrogen-bond donors (Lipinski definition) is 0. The molecule has 0 amide bonds. The van der Waals surface area contributed by atoms with Crippen LogP contribution in [-0.4, -0.2) is 27.1 Å². The lowest BCUT2D eigenvalue weighted by Gasteiger charge is -2.36. The molecule has 0 aliphatic heterocycles. The Morgan fingerprint density at radius 1 is 0.538 bits per heavy atom. The summed E-state index contributed by atoms with van der Waals surface area (Å²) in [7, 11) is -2.63. The highest BCUT2D eigenvalue weighted by Gasteiger charge is 2.44. The van der Waals surface area contributed by atoms with Crippen LogP contribution < -0.4 is 0 Å². The first-order chi connectivity index (χ1) is 12.4. The molecule has 0 rings (SSSR count). The van der Waals surface area contributed by atoms with Gasteiger partial charge in [-0.3, -0.25) is 0 Å². The van der Waals surface area contributed by atoms with Crippen LogP contribution in [0.2, 0.25) is 6.04 Å². The lowest BCUT2D eigenvalue weighted by molar-refractivity contribution is -0.0111. The van der Waals surface area contributed by atoms with E-state index in [2.05, 4.69) is 48.5 Å². The molecule has 0 aromatic heterocycles. The van der Waals surface area contributed by atoms with Crippen LogP contribution in [0.4, 0.5) is 0 Å². The summed E-state index contributed by atoms with van der Waals surface area (Å²) in [6, 6.07) is 0.959. The van der Waals surface area contributed by atoms with E-state index in [0.717, 1.165) is 31.7 Å². The molecule has 0 fully saturated rings. The highest BCUT2D eigenvalue weighted by Crippen LogP contribution is 2.27. The molecule has 0 aromatic carbocycles. The molecule has 0 aliphatic rings. The molecule has 0 saturated heterocycles. The van der Waals surface area contributed by atoms with Crippen molar-refractivity contribution in [2.24, 2.45) is 0 Å². The van der Waals surface area contributed by atoms with Gasteiger partial charge in [-0.25, -0.2) is 0 Å². The second-order valence-corrected chi connectivity index (χ2v) is 10.5. The van der Waals surface area contributed by atoms with Crippen molar-refractivity contribution in [2.75, 3.05) is 0 Å². The topological polar surface area (TPSA) is 27.7 Å². The minimum atomic E-state index is -2.63. The molecule has 4 heteroatoms. The summed E-state index contributed by atoms with van der Waals surface area (Å²) in [5.74, 6) is 0. The number of hydrogen-bond acceptors (Lipinski definition) is 3. The minimum absolute atomic E-state index is 0.198. The Hall–Kier alpha value is 0.0969. The van der Waals surface area contributed by atoms with Gasteiger partial charge in [-0.15, -0.1) is 0 Å². The highest BCUT2D eigenvalue weighted by atomic mass is 28.4. The Balaban J connectivity index is 4.69. The Morgan fingerprint density at radius 2 is 0.885 bits per heavy atom. The van der Waals surface area contributed by atoms with E-state index >= 15 is 0 Å². The molecular weight excluding hydrogens is 340 g/mol. The SMILES string of the molecule is CCCCCCCCCC[Si](OC(C)CC)(OC(C)CC)OC(C)CC. The number of rotatable bonds is 18. The van der Waals surface area contributed by atoms with Gasteiger partial charge < -0.3 is 13.3 Å². The van der Waals surface area contributed by atoms with E-state index in [1.165, 1.54) is 44.9 Å². The molecule has 0 aliphatic carbocycles. The van der Waals surface area contributed by atoms with E-state index in [1.807, 2.05) is 0 Å². The summed E-state index contributed by atoms with van der Waals surface area (Å²) in [5, 5.41) is 0. The maximum atomic E-state index is 6.49. The number of unbranched alkanes of at least 4 members (excludes halogenated alkanes) is 7. The van der Waals surface area contributed by atoms with Crippen LogP contribution in [0.1, 0.15) is 119 Å². The standard InChI is InChI=1S/C22H48O3Si/c1-8-12-13-14-15-16-17-18-19-26(23-20(5)9-2,24-21(6)10-3)25-22(7)11-4/h20-22H,8-19H2,1-7H3. The lowest BCUT2D eigenvalue weighted by Crippen LogP contribution is -2.51. The fourth-order valence-corrected chi connectivity index (χ4v) is 6.45. The van der Waals surface area contributed by atoms with Gasteiger partial charge in [0.1, 0.15) is 0 Å². The van der Waals surface area contributed by atoms with Gasteiger partial charge >= 0.3 is 8.80 Å². The van der Waals surface area contributed by atoms with Gasteiger partial charge in [-0.2, -0.15) is 0 Å². The molecule has 26 heavy (non-hydrogen) atoms. The van der Waals surface area contributed by atoms with Crippen LogP contribution in [0.15, 0.2) is 0 Å². The van der Waals surface area contributed by atoms with Crippen molar-refractivity contribution >= 4 is 8.80 Å². The first-order valence-corrected chi connectivity index (χ1v) is 13.4. The first-order valence-electron chi connectivity index (χ1n) is 11.5. The molecule has 0 saturated carbocycles. The van der Waals surface area contributed by atoms with Gasteiger partial charge in [-0.1, -0.05) is 72.6 Å². The molecule has 0 radical (unpaired) electrons. The Morgan fingerprint density at radius 3 is 1.23 bits per heavy atom. The fourth-order valence-electron chi connectivity index (χ4n) is 2.91. The average Bonchev–Trinajstić information content (AvgIpc) is 2.63. The largest absolute Gasteiger partial charge is 0.501 e. The Bertz CT molecular complexity index is 280. The van der Waals surface area contributed by atoms with Crippen molar-refractivity contribution in [1.82, 2.24) is 0 Å². The average molecular weight is 389 g/mol. The van der Waals surface area contributed by atoms with Gasteiger partial charge in [0.05, 0.1) is 0 Å². The van der Waals surface area contributed by atoms with Crippen molar-refractivity contribution < 1.29 is 13.3 Å². The lowest BCUT2D eigenvalue weighted by atomic mass is 10.1. The third-order valence-electron chi connectivity index (χ3n) is 5.20. The monoisotopic (exact) mass is 388 g/mol. The molecule has 158 valence electrons. The summed E-state index contributed by atoms with van der Waals surface area (Å²) in [6.45, 7) is 15.2. The van der Waals surface area contributed by atoms with Gasteiger partial charge in [0.2, 0.25) is 0 Å². The summed E-state index contributed by atoms with van der Waals surface area (Å²) in [6.07, 6.45) is 14.2. The predicted octanol–water partition coefficient (Wildman–Crippen LogP) is 7.51. The van der Waals surface area contributed by atoms with Crippen LogP contribution in [0, 0.1) is 0 Å². The molecule has 0 bridgehead atoms. The summed E-state index contributed by atoms with van der Waals surface area (Å²) in [4.78, 5) is 0. The fraction of sp³-hybridized carbons (Fsp3) is 1.00. The molecule has 3 unspecified atom stereocenters. The van der Waals surface area contributed by atoms with Crippen LogP contribution in [-0.2, 0) is 13.3 Å². The molecule has 0 N–H and O–H groups in total. The van der Waals surface area contributed by atoms with E-state index in [0.29, 0.717) is 0 Å². The van der Waals surface area contributed by atoms with Crippen LogP contribution in [0.3, 0.4) is 0 Å². The van der Waals surface area contributed by atoms with Gasteiger partial charge in [0.15, 0.2) is 0 Å². The van der Waals surface area contributed by atoms with Gasteiger partial charge in [0, 0.05) is 24.4 Å². The van der Waals surface area contributed by atoms with E-state index in [-0.39, 0.29) is 18.3 Å². The summed E-state index contributed by atoms with van der Waals surface area (Å²) < 4.78 is 19.5. The van der Waals surface area contributed by atoms with Crippen LogP contribution in [0.5, 0.6) is 0 Å². The zero-order valence-electron chi connectivity index (χ0n) is 18.9. The van der Waals surface area contributed by atoms with Gasteiger partial charge in [0.25, 0.3) is 0 Å². The highest BCUT2D eigenvalue weighted by molar-refractivity contribution is 6.60. The van der Waals surface area contributed by atoms with Crippen molar-refractivity contribution in [3.63, 3.8) is 0 Å². The molecule has 3 nitrogen and oxygen atoms in total. The quantitative estimate of drug-likeness (QED) is 0.179. The summed E-state index contributed by atoms with van der Waals surface area (Å²) in [5.41, 5.74) is 0. The molecule has 0 spiro atoms.